The first-order valence-electron chi connectivity index (χ1n) is 9.65. The molecule has 7 nitrogen and oxygen atoms in total. The third-order valence-corrected chi connectivity index (χ3v) is 7.34. The van der Waals surface area contributed by atoms with Crippen LogP contribution in [0.15, 0.2) is 59.5 Å². The third kappa shape index (κ3) is 3.65. The number of sulfonamides is 1. The first kappa shape index (κ1) is 19.6. The van der Waals surface area contributed by atoms with Crippen molar-refractivity contribution in [1.82, 2.24) is 4.31 Å². The molecule has 2 aromatic carbocycles. The van der Waals surface area contributed by atoms with Gasteiger partial charge in [-0.25, -0.2) is 8.42 Å². The molecule has 2 heterocycles. The normalized spacial score (nSPS) is 21.1. The Morgan fingerprint density at radius 2 is 1.45 bits per heavy atom. The SMILES string of the molecule is CC1CN(S(=O)(=O)c2ccc(N3C(=O)CCC3=O)cc2)CCN1c1ccccc1. The minimum Gasteiger partial charge on any atom is -0.366 e. The van der Waals surface area contributed by atoms with Crippen LogP contribution >= 0.6 is 0 Å². The highest BCUT2D eigenvalue weighted by atomic mass is 32.2. The van der Waals surface area contributed by atoms with Gasteiger partial charge in [0.05, 0.1) is 10.6 Å². The third-order valence-electron chi connectivity index (χ3n) is 5.46. The van der Waals surface area contributed by atoms with E-state index in [0.717, 1.165) is 10.6 Å². The summed E-state index contributed by atoms with van der Waals surface area (Å²) < 4.78 is 27.7. The van der Waals surface area contributed by atoms with E-state index in [1.165, 1.54) is 28.6 Å². The fourth-order valence-corrected chi connectivity index (χ4v) is 5.44. The summed E-state index contributed by atoms with van der Waals surface area (Å²) in [5.74, 6) is -0.507. The van der Waals surface area contributed by atoms with Crippen LogP contribution < -0.4 is 9.80 Å². The van der Waals surface area contributed by atoms with Gasteiger partial charge in [0, 0.05) is 44.2 Å². The average Bonchev–Trinajstić information content (AvgIpc) is 3.06. The maximum absolute atomic E-state index is 13.1. The Labute approximate surface area is 170 Å². The lowest BCUT2D eigenvalue weighted by molar-refractivity contribution is -0.121. The molecular formula is C21H23N3O4S. The molecule has 8 heteroatoms. The number of imide groups is 1. The molecule has 0 aromatic heterocycles. The highest BCUT2D eigenvalue weighted by molar-refractivity contribution is 7.89. The minimum absolute atomic E-state index is 0.0417. The Hall–Kier alpha value is -2.71. The van der Waals surface area contributed by atoms with Crippen LogP contribution in [0.5, 0.6) is 0 Å². The van der Waals surface area contributed by atoms with Crippen molar-refractivity contribution in [2.24, 2.45) is 0 Å². The number of hydrogen-bond acceptors (Lipinski definition) is 5. The predicted octanol–water partition coefficient (Wildman–Crippen LogP) is 2.24. The van der Waals surface area contributed by atoms with Gasteiger partial charge in [0.15, 0.2) is 0 Å². The Morgan fingerprint density at radius 3 is 2.03 bits per heavy atom. The highest BCUT2D eigenvalue weighted by Crippen LogP contribution is 2.27. The number of hydrogen-bond donors (Lipinski definition) is 0. The van der Waals surface area contributed by atoms with E-state index in [2.05, 4.69) is 4.90 Å². The summed E-state index contributed by atoms with van der Waals surface area (Å²) in [4.78, 5) is 27.2. The molecule has 0 bridgehead atoms. The summed E-state index contributed by atoms with van der Waals surface area (Å²) in [6.07, 6.45) is 0.394. The number of carbonyl (C=O) groups is 2. The standard InChI is InChI=1S/C21H23N3O4S/c1-16-15-22(13-14-23(16)17-5-3-2-4-6-17)29(27,28)19-9-7-18(8-10-19)24-20(25)11-12-21(24)26/h2-10,16H,11-15H2,1H3. The minimum atomic E-state index is -3.65. The van der Waals surface area contributed by atoms with E-state index in [1.54, 1.807) is 0 Å². The van der Waals surface area contributed by atoms with Gasteiger partial charge in [-0.2, -0.15) is 4.31 Å². The van der Waals surface area contributed by atoms with Crippen LogP contribution in [-0.4, -0.2) is 50.2 Å². The smallest absolute Gasteiger partial charge is 0.243 e. The molecule has 152 valence electrons. The number of amides is 2. The van der Waals surface area contributed by atoms with E-state index >= 15 is 0 Å². The maximum Gasteiger partial charge on any atom is 0.243 e. The van der Waals surface area contributed by atoms with Crippen molar-refractivity contribution < 1.29 is 18.0 Å². The monoisotopic (exact) mass is 413 g/mol. The summed E-state index contributed by atoms with van der Waals surface area (Å²) in [5, 5.41) is 0. The summed E-state index contributed by atoms with van der Waals surface area (Å²) in [6.45, 7) is 3.41. The summed E-state index contributed by atoms with van der Waals surface area (Å²) in [5.41, 5.74) is 1.50. The summed E-state index contributed by atoms with van der Waals surface area (Å²) in [7, 11) is -3.65. The van der Waals surface area contributed by atoms with Gasteiger partial charge in [-0.05, 0) is 43.3 Å². The quantitative estimate of drug-likeness (QED) is 0.719. The zero-order valence-corrected chi connectivity index (χ0v) is 17.0. The lowest BCUT2D eigenvalue weighted by atomic mass is 10.2. The van der Waals surface area contributed by atoms with Gasteiger partial charge in [0.2, 0.25) is 21.8 Å². The molecule has 1 unspecified atom stereocenters. The van der Waals surface area contributed by atoms with E-state index in [9.17, 15) is 18.0 Å². The maximum atomic E-state index is 13.1. The number of anilines is 2. The molecule has 2 aromatic rings. The Bertz CT molecular complexity index is 1010. The Kier molecular flexibility index (Phi) is 5.14. The van der Waals surface area contributed by atoms with Crippen molar-refractivity contribution in [1.29, 1.82) is 0 Å². The number of rotatable bonds is 4. The number of nitrogens with zero attached hydrogens (tertiary/aromatic N) is 3. The first-order chi connectivity index (χ1) is 13.9. The van der Waals surface area contributed by atoms with Crippen LogP contribution in [-0.2, 0) is 19.6 Å². The van der Waals surface area contributed by atoms with E-state index in [1.807, 2.05) is 37.3 Å². The topological polar surface area (TPSA) is 78.0 Å². The van der Waals surface area contributed by atoms with E-state index in [4.69, 9.17) is 0 Å². The van der Waals surface area contributed by atoms with Crippen molar-refractivity contribution in [3.05, 3.63) is 54.6 Å². The van der Waals surface area contributed by atoms with Crippen molar-refractivity contribution in [2.45, 2.75) is 30.7 Å². The van der Waals surface area contributed by atoms with Gasteiger partial charge in [0.25, 0.3) is 0 Å². The van der Waals surface area contributed by atoms with Crippen molar-refractivity contribution in [3.63, 3.8) is 0 Å². The van der Waals surface area contributed by atoms with Crippen LogP contribution in [0.3, 0.4) is 0 Å². The molecule has 2 amide bonds. The zero-order chi connectivity index (χ0) is 20.6. The average molecular weight is 413 g/mol. The molecule has 0 aliphatic carbocycles. The highest BCUT2D eigenvalue weighted by Gasteiger charge is 2.33. The molecule has 2 fully saturated rings. The molecule has 2 saturated heterocycles. The van der Waals surface area contributed by atoms with Crippen LogP contribution in [0.1, 0.15) is 19.8 Å². The predicted molar refractivity (Wildman–Crippen MR) is 110 cm³/mol. The molecular weight excluding hydrogens is 390 g/mol. The zero-order valence-electron chi connectivity index (χ0n) is 16.2. The van der Waals surface area contributed by atoms with Gasteiger partial charge in [0.1, 0.15) is 0 Å². The molecule has 29 heavy (non-hydrogen) atoms. The van der Waals surface area contributed by atoms with Crippen LogP contribution in [0.25, 0.3) is 0 Å². The Balaban J connectivity index is 1.50. The van der Waals surface area contributed by atoms with E-state index in [-0.39, 0.29) is 35.6 Å². The largest absolute Gasteiger partial charge is 0.366 e. The molecule has 2 aliphatic rings. The van der Waals surface area contributed by atoms with Crippen molar-refractivity contribution in [2.75, 3.05) is 29.4 Å². The fraction of sp³-hybridized carbons (Fsp3) is 0.333. The Morgan fingerprint density at radius 1 is 0.828 bits per heavy atom. The molecule has 0 saturated carbocycles. The molecule has 0 N–H and O–H groups in total. The van der Waals surface area contributed by atoms with Gasteiger partial charge in [-0.15, -0.1) is 0 Å². The molecule has 1 atom stereocenters. The van der Waals surface area contributed by atoms with Crippen LogP contribution in [0.2, 0.25) is 0 Å². The second-order valence-corrected chi connectivity index (χ2v) is 9.30. The number of carbonyl (C=O) groups excluding carboxylic acids is 2. The van der Waals surface area contributed by atoms with E-state index in [0.29, 0.717) is 25.3 Å². The lowest BCUT2D eigenvalue weighted by Gasteiger charge is -2.40. The van der Waals surface area contributed by atoms with Crippen molar-refractivity contribution in [3.8, 4) is 0 Å². The summed E-state index contributed by atoms with van der Waals surface area (Å²) in [6, 6.07) is 16.0. The van der Waals surface area contributed by atoms with Gasteiger partial charge in [-0.1, -0.05) is 18.2 Å². The van der Waals surface area contributed by atoms with Gasteiger partial charge in [-0.3, -0.25) is 14.5 Å². The van der Waals surface area contributed by atoms with E-state index < -0.39 is 10.0 Å². The summed E-state index contributed by atoms with van der Waals surface area (Å²) >= 11 is 0. The van der Waals surface area contributed by atoms with Crippen LogP contribution in [0.4, 0.5) is 11.4 Å². The van der Waals surface area contributed by atoms with Gasteiger partial charge >= 0.3 is 0 Å². The number of para-hydroxylation sites is 1. The van der Waals surface area contributed by atoms with Crippen molar-refractivity contribution >= 4 is 33.2 Å². The first-order valence-corrected chi connectivity index (χ1v) is 11.1. The second kappa shape index (κ2) is 7.61. The number of piperazine rings is 1. The molecule has 2 aliphatic heterocycles. The molecule has 0 spiro atoms. The fourth-order valence-electron chi connectivity index (χ4n) is 3.93. The number of benzene rings is 2. The van der Waals surface area contributed by atoms with Gasteiger partial charge < -0.3 is 4.90 Å². The second-order valence-electron chi connectivity index (χ2n) is 7.36. The lowest BCUT2D eigenvalue weighted by Crippen LogP contribution is -2.53. The van der Waals surface area contributed by atoms with Crippen LogP contribution in [0, 0.1) is 0 Å². The molecule has 4 rings (SSSR count). The molecule has 0 radical (unpaired) electrons.